The molecule has 3 aliphatic rings. The van der Waals surface area contributed by atoms with Gasteiger partial charge in [-0.25, -0.2) is 0 Å². The van der Waals surface area contributed by atoms with Crippen LogP contribution in [-0.4, -0.2) is 122 Å². The van der Waals surface area contributed by atoms with Crippen LogP contribution in [0.2, 0.25) is 0 Å². The largest absolute Gasteiger partial charge is 0.460 e. The van der Waals surface area contributed by atoms with Crippen molar-refractivity contribution in [3.8, 4) is 0 Å². The molecule has 21 heteroatoms. The minimum absolute atomic E-state index is 0.00659. The molecule has 20 atom stereocenters. The Morgan fingerprint density at radius 1 is 1.02 bits per heavy atom. The van der Waals surface area contributed by atoms with Crippen LogP contribution in [0.4, 0.5) is 0 Å². The topological polar surface area (TPSA) is 185 Å². The molecule has 16 nitrogen and oxygen atoms in total. The van der Waals surface area contributed by atoms with Crippen molar-refractivity contribution in [2.45, 2.75) is 139 Å². The molecule has 0 spiro atoms. The SMILES string of the molecule is C=CCO[C@@H]1OC(COP)[C@H](O[C@@H]2OC(COP)[C@H](O)[C@H](O[C@]3(C)C[C@H](OC(C)=O)[C@@H](NC(C)=O)C([C@H](C)[C@H](C)CC)O3)C2OP)[C@H](P=O)C1OP. The van der Waals surface area contributed by atoms with Gasteiger partial charge in [-0.3, -0.25) is 14.2 Å². The Balaban J connectivity index is 2.03. The highest BCUT2D eigenvalue weighted by Crippen LogP contribution is 2.42. The van der Waals surface area contributed by atoms with E-state index in [-0.39, 0.29) is 52.4 Å². The normalized spacial score (nSPS) is 39.4. The highest BCUT2D eigenvalue weighted by molar-refractivity contribution is 7.25. The average molecular weight is 838 g/mol. The molecule has 2 N–H and O–H groups in total. The Morgan fingerprint density at radius 3 is 2.19 bits per heavy atom. The lowest BCUT2D eigenvalue weighted by molar-refractivity contribution is -0.376. The summed E-state index contributed by atoms with van der Waals surface area (Å²) < 4.78 is 78.8. The first-order chi connectivity index (χ1) is 24.7. The van der Waals surface area contributed by atoms with Crippen LogP contribution < -0.4 is 5.32 Å². The maximum Gasteiger partial charge on any atom is 0.302 e. The minimum atomic E-state index is -1.49. The van der Waals surface area contributed by atoms with Crippen molar-refractivity contribution in [2.24, 2.45) is 11.8 Å². The maximum atomic E-state index is 12.8. The van der Waals surface area contributed by atoms with Gasteiger partial charge in [-0.15, -0.1) is 6.58 Å². The van der Waals surface area contributed by atoms with E-state index in [2.05, 4.69) is 63.6 Å². The molecule has 0 aromatic rings. The molecule has 1 amide bonds. The van der Waals surface area contributed by atoms with Crippen molar-refractivity contribution in [3.05, 3.63) is 12.7 Å². The van der Waals surface area contributed by atoms with Crippen LogP contribution in [0.1, 0.15) is 54.4 Å². The summed E-state index contributed by atoms with van der Waals surface area (Å²) in [4.78, 5) is 24.7. The van der Waals surface area contributed by atoms with Crippen LogP contribution in [0.25, 0.3) is 0 Å². The average Bonchev–Trinajstić information content (AvgIpc) is 3.09. The zero-order valence-corrected chi connectivity index (χ0v) is 35.9. The van der Waals surface area contributed by atoms with E-state index in [0.29, 0.717) is 0 Å². The van der Waals surface area contributed by atoms with Crippen LogP contribution in [0.3, 0.4) is 0 Å². The summed E-state index contributed by atoms with van der Waals surface area (Å²) in [7, 11) is 8.22. The first kappa shape index (κ1) is 46.4. The molecule has 0 bridgehead atoms. The number of aliphatic hydroxyl groups is 1. The molecule has 9 unspecified atom stereocenters. The third-order valence-corrected chi connectivity index (χ3v) is 11.6. The number of hydrogen-bond donors (Lipinski definition) is 2. The van der Waals surface area contributed by atoms with Crippen molar-refractivity contribution in [3.63, 3.8) is 0 Å². The number of esters is 1. The number of carbonyl (C=O) groups is 2. The second kappa shape index (κ2) is 22.1. The van der Waals surface area contributed by atoms with E-state index >= 15 is 0 Å². The minimum Gasteiger partial charge on any atom is -0.460 e. The Hall–Kier alpha value is 0.0600. The van der Waals surface area contributed by atoms with E-state index in [1.165, 1.54) is 13.8 Å². The fraction of sp³-hybridized carbons (Fsp3) is 0.871. The molecule has 3 aliphatic heterocycles. The summed E-state index contributed by atoms with van der Waals surface area (Å²) >= 11 is 0. The molecule has 0 aromatic carbocycles. The zero-order chi connectivity index (χ0) is 38.7. The smallest absolute Gasteiger partial charge is 0.302 e. The number of carbonyl (C=O) groups excluding carboxylic acids is 2. The van der Waals surface area contributed by atoms with Crippen molar-refractivity contribution in [2.75, 3.05) is 19.8 Å². The number of hydrogen-bond acceptors (Lipinski definition) is 15. The second-order valence-corrected chi connectivity index (χ2v) is 15.4. The first-order valence-electron chi connectivity index (χ1n) is 17.1. The fourth-order valence-electron chi connectivity index (χ4n) is 6.87. The second-order valence-electron chi connectivity index (χ2n) is 13.4. The number of nitrogens with one attached hydrogen (secondary N) is 1. The van der Waals surface area contributed by atoms with Gasteiger partial charge in [-0.05, 0) is 18.8 Å². The zero-order valence-electron chi connectivity index (χ0n) is 30.4. The highest BCUT2D eigenvalue weighted by atomic mass is 31.1. The van der Waals surface area contributed by atoms with E-state index < -0.39 is 91.0 Å². The number of amides is 1. The Kier molecular flexibility index (Phi) is 19.8. The standard InChI is InChI=1S/C31H56NO15P5/c1-8-10-37-29-27(47-51)28(52-36)24(20(42-29)13-39-49)43-30-26(46-50)25(22(35)19(41-30)12-38-48)45-31(7)11-18(40-17(6)34)21(32-16(5)33)23(44-31)15(4)14(3)9-2/h8,14-15,18-30,35H,1,9-13,48-51H2,2-7H3,(H,32,33)/t14-,15-,18+,19?,20?,21-,22+,23?,24+,25+,26?,27?,28+,29-,30+,31-/m1/s1. The van der Waals surface area contributed by atoms with E-state index in [1.807, 2.05) is 6.92 Å². The van der Waals surface area contributed by atoms with Gasteiger partial charge < -0.3 is 61.7 Å². The Bertz CT molecular complexity index is 1170. The fourth-order valence-corrected chi connectivity index (χ4v) is 8.67. The lowest BCUT2D eigenvalue weighted by Crippen LogP contribution is -2.68. The maximum absolute atomic E-state index is 12.8. The number of aliphatic hydroxyl groups excluding tert-OH is 1. The van der Waals surface area contributed by atoms with Gasteiger partial charge in [0, 0.05) is 58.1 Å². The van der Waals surface area contributed by atoms with Crippen LogP contribution in [-0.2, 0) is 65.4 Å². The van der Waals surface area contributed by atoms with E-state index in [4.69, 9.17) is 51.3 Å². The van der Waals surface area contributed by atoms with Gasteiger partial charge in [0.1, 0.15) is 54.5 Å². The molecule has 3 heterocycles. The Morgan fingerprint density at radius 2 is 1.65 bits per heavy atom. The molecule has 3 rings (SSSR count). The van der Waals surface area contributed by atoms with Crippen molar-refractivity contribution < 1.29 is 70.5 Å². The summed E-state index contributed by atoms with van der Waals surface area (Å²) in [5.74, 6) is -2.31. The summed E-state index contributed by atoms with van der Waals surface area (Å²) in [6.45, 7) is 14.2. The third kappa shape index (κ3) is 11.8. The van der Waals surface area contributed by atoms with Gasteiger partial charge in [0.25, 0.3) is 0 Å². The molecule has 3 saturated heterocycles. The van der Waals surface area contributed by atoms with Gasteiger partial charge in [0.15, 0.2) is 26.8 Å². The molecule has 0 aromatic heterocycles. The van der Waals surface area contributed by atoms with Crippen LogP contribution >= 0.6 is 46.3 Å². The molecule has 0 radical (unpaired) electrons. The predicted molar refractivity (Wildman–Crippen MR) is 201 cm³/mol. The molecular weight excluding hydrogens is 781 g/mol. The monoisotopic (exact) mass is 837 g/mol. The van der Waals surface area contributed by atoms with Gasteiger partial charge >= 0.3 is 5.97 Å². The van der Waals surface area contributed by atoms with Gasteiger partial charge in [0.2, 0.25) is 5.91 Å². The van der Waals surface area contributed by atoms with Crippen molar-refractivity contribution >= 4 is 58.2 Å². The predicted octanol–water partition coefficient (Wildman–Crippen LogP) is 3.02. The summed E-state index contributed by atoms with van der Waals surface area (Å²) in [5, 5.41) is 14.6. The molecular formula is C31H56NO15P5. The quantitative estimate of drug-likeness (QED) is 0.110. The Labute approximate surface area is 317 Å². The lowest BCUT2D eigenvalue weighted by atomic mass is 9.80. The molecule has 0 aliphatic carbocycles. The summed E-state index contributed by atoms with van der Waals surface area (Å²) in [6, 6.07) is -0.679. The van der Waals surface area contributed by atoms with Gasteiger partial charge in [-0.1, -0.05) is 33.3 Å². The lowest BCUT2D eigenvalue weighted by Gasteiger charge is -2.52. The molecule has 0 saturated carbocycles. The first-order valence-corrected chi connectivity index (χ1v) is 19.8. The summed E-state index contributed by atoms with van der Waals surface area (Å²) in [5.41, 5.74) is -0.847. The highest BCUT2D eigenvalue weighted by Gasteiger charge is 2.57. The molecule has 52 heavy (non-hydrogen) atoms. The van der Waals surface area contributed by atoms with Gasteiger partial charge in [-0.2, -0.15) is 0 Å². The summed E-state index contributed by atoms with van der Waals surface area (Å²) in [6.07, 6.45) is -8.72. The van der Waals surface area contributed by atoms with Crippen LogP contribution in [0.15, 0.2) is 12.7 Å². The van der Waals surface area contributed by atoms with Crippen molar-refractivity contribution in [1.29, 1.82) is 0 Å². The van der Waals surface area contributed by atoms with Crippen molar-refractivity contribution in [1.82, 2.24) is 5.32 Å². The van der Waals surface area contributed by atoms with Crippen LogP contribution in [0, 0.1) is 11.8 Å². The molecule has 300 valence electrons. The number of rotatable bonds is 19. The van der Waals surface area contributed by atoms with Crippen LogP contribution in [0.5, 0.6) is 0 Å². The third-order valence-electron chi connectivity index (χ3n) is 9.71. The van der Waals surface area contributed by atoms with Gasteiger partial charge in [0.05, 0.1) is 32.0 Å². The van der Waals surface area contributed by atoms with E-state index in [1.54, 1.807) is 13.0 Å². The van der Waals surface area contributed by atoms with E-state index in [0.717, 1.165) is 6.42 Å². The van der Waals surface area contributed by atoms with E-state index in [9.17, 15) is 19.3 Å². The number of ether oxygens (including phenoxy) is 7. The molecule has 3 fully saturated rings.